The Labute approximate surface area is 171 Å². The molecule has 0 heterocycles. The highest BCUT2D eigenvalue weighted by atomic mass is 35.5. The lowest BCUT2D eigenvalue weighted by atomic mass is 10.1. The van der Waals surface area contributed by atoms with Crippen LogP contribution in [0.5, 0.6) is 0 Å². The molecular weight excluding hydrogens is 392 g/mol. The fourth-order valence-corrected chi connectivity index (χ4v) is 2.52. The van der Waals surface area contributed by atoms with E-state index in [1.807, 2.05) is 42.5 Å². The molecule has 144 valence electrons. The number of hydrazone groups is 1. The fourth-order valence-electron chi connectivity index (χ4n) is 2.33. The smallest absolute Gasteiger partial charge is 0.267 e. The summed E-state index contributed by atoms with van der Waals surface area (Å²) in [5.74, 6) is -0.459. The first-order chi connectivity index (χ1) is 14.0. The summed E-state index contributed by atoms with van der Waals surface area (Å²) < 4.78 is 0. The van der Waals surface area contributed by atoms with Gasteiger partial charge in [-0.15, -0.1) is 0 Å². The Balaban J connectivity index is 1.57. The molecule has 0 radical (unpaired) electrons. The van der Waals surface area contributed by atoms with Crippen molar-refractivity contribution < 1.29 is 9.72 Å². The SMILES string of the molecule is O=C(NN=Cc1ccc(C=Nc2ccccc2Cl)cc1)c1ccc([N+](=O)[O-])cc1. The summed E-state index contributed by atoms with van der Waals surface area (Å²) >= 11 is 6.07. The summed E-state index contributed by atoms with van der Waals surface area (Å²) in [6.07, 6.45) is 3.21. The molecule has 0 spiro atoms. The van der Waals surface area contributed by atoms with Crippen LogP contribution in [0.25, 0.3) is 0 Å². The molecule has 8 heteroatoms. The zero-order valence-electron chi connectivity index (χ0n) is 15.0. The summed E-state index contributed by atoms with van der Waals surface area (Å²) in [5.41, 5.74) is 4.94. The van der Waals surface area contributed by atoms with E-state index in [1.54, 1.807) is 12.3 Å². The van der Waals surface area contributed by atoms with Crippen LogP contribution < -0.4 is 5.43 Å². The molecule has 0 saturated carbocycles. The Kier molecular flexibility index (Phi) is 6.44. The van der Waals surface area contributed by atoms with Crippen molar-refractivity contribution in [1.82, 2.24) is 5.43 Å². The largest absolute Gasteiger partial charge is 0.271 e. The van der Waals surface area contributed by atoms with Gasteiger partial charge in [-0.1, -0.05) is 48.0 Å². The average molecular weight is 407 g/mol. The predicted molar refractivity (Wildman–Crippen MR) is 113 cm³/mol. The van der Waals surface area contributed by atoms with Crippen molar-refractivity contribution in [2.45, 2.75) is 0 Å². The van der Waals surface area contributed by atoms with Gasteiger partial charge >= 0.3 is 0 Å². The molecule has 1 amide bonds. The normalized spacial score (nSPS) is 11.1. The fraction of sp³-hybridized carbons (Fsp3) is 0. The van der Waals surface area contributed by atoms with Crippen LogP contribution >= 0.6 is 11.6 Å². The monoisotopic (exact) mass is 406 g/mol. The third kappa shape index (κ3) is 5.57. The second kappa shape index (κ2) is 9.38. The lowest BCUT2D eigenvalue weighted by Gasteiger charge is -2.00. The molecule has 0 saturated heterocycles. The standard InChI is InChI=1S/C21H15ClN4O3/c22-19-3-1-2-4-20(19)23-13-15-5-7-16(8-6-15)14-24-25-21(27)17-9-11-18(12-10-17)26(28)29/h1-14H,(H,25,27). The van der Waals surface area contributed by atoms with E-state index in [-0.39, 0.29) is 11.3 Å². The maximum atomic E-state index is 12.0. The first kappa shape index (κ1) is 19.9. The summed E-state index contributed by atoms with van der Waals surface area (Å²) in [6.45, 7) is 0. The number of benzene rings is 3. The number of hydrogen-bond donors (Lipinski definition) is 1. The van der Waals surface area contributed by atoms with E-state index in [4.69, 9.17) is 11.6 Å². The van der Waals surface area contributed by atoms with Gasteiger partial charge in [-0.3, -0.25) is 19.9 Å². The minimum absolute atomic E-state index is 0.0804. The third-order valence-electron chi connectivity index (χ3n) is 3.86. The van der Waals surface area contributed by atoms with Crippen molar-refractivity contribution in [3.8, 4) is 0 Å². The number of nitro benzene ring substituents is 1. The van der Waals surface area contributed by atoms with E-state index in [2.05, 4.69) is 15.5 Å². The highest BCUT2D eigenvalue weighted by Gasteiger charge is 2.08. The first-order valence-electron chi connectivity index (χ1n) is 8.49. The van der Waals surface area contributed by atoms with Crippen LogP contribution in [0.3, 0.4) is 0 Å². The molecule has 0 unspecified atom stereocenters. The van der Waals surface area contributed by atoms with E-state index in [9.17, 15) is 14.9 Å². The van der Waals surface area contributed by atoms with Crippen LogP contribution in [0.15, 0.2) is 82.9 Å². The van der Waals surface area contributed by atoms with Crippen molar-refractivity contribution in [1.29, 1.82) is 0 Å². The molecular formula is C21H15ClN4O3. The number of carbonyl (C=O) groups is 1. The van der Waals surface area contributed by atoms with E-state index < -0.39 is 10.8 Å². The second-order valence-corrected chi connectivity index (χ2v) is 6.29. The number of halogens is 1. The molecule has 0 aliphatic rings. The van der Waals surface area contributed by atoms with Crippen molar-refractivity contribution in [3.05, 3.63) is 105 Å². The number of amides is 1. The molecule has 3 aromatic rings. The topological polar surface area (TPSA) is 97.0 Å². The van der Waals surface area contributed by atoms with Crippen molar-refractivity contribution in [2.75, 3.05) is 0 Å². The summed E-state index contributed by atoms with van der Waals surface area (Å²) in [5, 5.41) is 15.1. The molecule has 29 heavy (non-hydrogen) atoms. The number of nitro groups is 1. The first-order valence-corrected chi connectivity index (χ1v) is 8.87. The molecule has 0 atom stereocenters. The van der Waals surface area contributed by atoms with Crippen LogP contribution in [0, 0.1) is 10.1 Å². The Morgan fingerprint density at radius 1 is 0.931 bits per heavy atom. The molecule has 3 aromatic carbocycles. The number of para-hydroxylation sites is 1. The molecule has 0 aliphatic heterocycles. The van der Waals surface area contributed by atoms with Gasteiger partial charge in [0.15, 0.2) is 0 Å². The summed E-state index contributed by atoms with van der Waals surface area (Å²) in [6, 6.07) is 20.0. The number of non-ortho nitro benzene ring substituents is 1. The minimum atomic E-state index is -0.525. The minimum Gasteiger partial charge on any atom is -0.267 e. The van der Waals surface area contributed by atoms with Gasteiger partial charge < -0.3 is 0 Å². The van der Waals surface area contributed by atoms with Gasteiger partial charge in [-0.05, 0) is 35.4 Å². The Morgan fingerprint density at radius 3 is 2.17 bits per heavy atom. The third-order valence-corrected chi connectivity index (χ3v) is 4.18. The summed E-state index contributed by atoms with van der Waals surface area (Å²) in [4.78, 5) is 26.5. The highest BCUT2D eigenvalue weighted by molar-refractivity contribution is 6.33. The van der Waals surface area contributed by atoms with Crippen LogP contribution in [0.4, 0.5) is 11.4 Å². The maximum Gasteiger partial charge on any atom is 0.271 e. The van der Waals surface area contributed by atoms with Crippen molar-refractivity contribution in [2.24, 2.45) is 10.1 Å². The number of hydrogen-bond acceptors (Lipinski definition) is 5. The molecule has 0 aromatic heterocycles. The molecule has 0 bridgehead atoms. The van der Waals surface area contributed by atoms with E-state index in [0.717, 1.165) is 11.1 Å². The van der Waals surface area contributed by atoms with Crippen LogP contribution in [-0.2, 0) is 0 Å². The number of nitrogens with zero attached hydrogens (tertiary/aromatic N) is 3. The quantitative estimate of drug-likeness (QED) is 0.363. The highest BCUT2D eigenvalue weighted by Crippen LogP contribution is 2.23. The van der Waals surface area contributed by atoms with Crippen LogP contribution in [0.2, 0.25) is 5.02 Å². The van der Waals surface area contributed by atoms with Gasteiger partial charge in [0.2, 0.25) is 0 Å². The number of aliphatic imine (C=N–C) groups is 1. The van der Waals surface area contributed by atoms with Gasteiger partial charge in [-0.25, -0.2) is 5.43 Å². The molecule has 0 fully saturated rings. The molecule has 1 N–H and O–H groups in total. The van der Waals surface area contributed by atoms with Gasteiger partial charge in [0.05, 0.1) is 21.8 Å². The van der Waals surface area contributed by atoms with E-state index in [0.29, 0.717) is 10.7 Å². The second-order valence-electron chi connectivity index (χ2n) is 5.88. The average Bonchev–Trinajstić information content (AvgIpc) is 2.74. The lowest BCUT2D eigenvalue weighted by molar-refractivity contribution is -0.384. The lowest BCUT2D eigenvalue weighted by Crippen LogP contribution is -2.17. The summed E-state index contributed by atoms with van der Waals surface area (Å²) in [7, 11) is 0. The number of nitrogens with one attached hydrogen (secondary N) is 1. The maximum absolute atomic E-state index is 12.0. The van der Waals surface area contributed by atoms with E-state index >= 15 is 0 Å². The van der Waals surface area contributed by atoms with Crippen molar-refractivity contribution >= 4 is 41.3 Å². The molecule has 0 aliphatic carbocycles. The van der Waals surface area contributed by atoms with Crippen molar-refractivity contribution in [3.63, 3.8) is 0 Å². The Hall–Kier alpha value is -3.84. The van der Waals surface area contributed by atoms with Gasteiger partial charge in [-0.2, -0.15) is 5.10 Å². The van der Waals surface area contributed by atoms with E-state index in [1.165, 1.54) is 30.5 Å². The van der Waals surface area contributed by atoms with Gasteiger partial charge in [0, 0.05) is 23.9 Å². The Bertz CT molecular complexity index is 1080. The van der Waals surface area contributed by atoms with Crippen LogP contribution in [-0.4, -0.2) is 23.3 Å². The Morgan fingerprint density at radius 2 is 1.55 bits per heavy atom. The predicted octanol–water partition coefficient (Wildman–Crippen LogP) is 4.76. The zero-order chi connectivity index (χ0) is 20.6. The molecule has 7 nitrogen and oxygen atoms in total. The van der Waals surface area contributed by atoms with Crippen LogP contribution in [0.1, 0.15) is 21.5 Å². The zero-order valence-corrected chi connectivity index (χ0v) is 15.8. The molecule has 3 rings (SSSR count). The number of carbonyl (C=O) groups excluding carboxylic acids is 1. The number of rotatable bonds is 6. The van der Waals surface area contributed by atoms with Gasteiger partial charge in [0.25, 0.3) is 11.6 Å². The van der Waals surface area contributed by atoms with Gasteiger partial charge in [0.1, 0.15) is 0 Å².